The fourth-order valence-electron chi connectivity index (χ4n) is 4.12. The van der Waals surface area contributed by atoms with Gasteiger partial charge in [0.2, 0.25) is 5.91 Å². The van der Waals surface area contributed by atoms with E-state index in [1.54, 1.807) is 18.2 Å². The molecule has 2 aliphatic rings. The first kappa shape index (κ1) is 21.6. The summed E-state index contributed by atoms with van der Waals surface area (Å²) in [7, 11) is 0. The minimum absolute atomic E-state index is 0.0934. The highest BCUT2D eigenvalue weighted by Gasteiger charge is 2.35. The number of fused-ring (bicyclic) bond motifs is 1. The lowest BCUT2D eigenvalue weighted by atomic mass is 9.96. The van der Waals surface area contributed by atoms with E-state index >= 15 is 0 Å². The van der Waals surface area contributed by atoms with E-state index in [9.17, 15) is 18.0 Å². The van der Waals surface area contributed by atoms with E-state index < -0.39 is 11.7 Å². The average molecular weight is 434 g/mol. The van der Waals surface area contributed by atoms with Crippen LogP contribution in [0.4, 0.5) is 13.2 Å². The molecule has 2 aromatic rings. The third-order valence-electron chi connectivity index (χ3n) is 5.83. The second-order valence-electron chi connectivity index (χ2n) is 7.85. The summed E-state index contributed by atoms with van der Waals surface area (Å²) in [6.45, 7) is 4.80. The zero-order valence-electron chi connectivity index (χ0n) is 17.2. The molecular formula is C23H25F3N2O3. The van der Waals surface area contributed by atoms with Crippen LogP contribution in [0.2, 0.25) is 0 Å². The van der Waals surface area contributed by atoms with Gasteiger partial charge in [0.05, 0.1) is 31.4 Å². The van der Waals surface area contributed by atoms with Crippen LogP contribution in [0.5, 0.6) is 5.75 Å². The Bertz CT molecular complexity index is 942. The van der Waals surface area contributed by atoms with Crippen LogP contribution in [-0.4, -0.2) is 55.8 Å². The van der Waals surface area contributed by atoms with Crippen LogP contribution < -0.4 is 10.1 Å². The molecular weight excluding hydrogens is 409 g/mol. The largest absolute Gasteiger partial charge is 0.487 e. The van der Waals surface area contributed by atoms with Gasteiger partial charge in [-0.2, -0.15) is 13.2 Å². The van der Waals surface area contributed by atoms with Crippen LogP contribution in [0.15, 0.2) is 42.5 Å². The summed E-state index contributed by atoms with van der Waals surface area (Å²) < 4.78 is 51.8. The molecule has 1 amide bonds. The lowest BCUT2D eigenvalue weighted by Gasteiger charge is -2.31. The van der Waals surface area contributed by atoms with E-state index in [2.05, 4.69) is 10.2 Å². The lowest BCUT2D eigenvalue weighted by Crippen LogP contribution is -2.50. The van der Waals surface area contributed by atoms with Gasteiger partial charge in [0, 0.05) is 25.1 Å². The quantitative estimate of drug-likeness (QED) is 0.783. The van der Waals surface area contributed by atoms with E-state index in [1.807, 2.05) is 13.0 Å². The Hall–Kier alpha value is -2.58. The number of amides is 1. The predicted molar refractivity (Wildman–Crippen MR) is 110 cm³/mol. The van der Waals surface area contributed by atoms with Crippen molar-refractivity contribution in [2.45, 2.75) is 31.7 Å². The minimum Gasteiger partial charge on any atom is -0.487 e. The summed E-state index contributed by atoms with van der Waals surface area (Å²) >= 11 is 0. The highest BCUT2D eigenvalue weighted by molar-refractivity contribution is 5.81. The molecule has 2 aliphatic heterocycles. The van der Waals surface area contributed by atoms with Gasteiger partial charge in [0.1, 0.15) is 11.9 Å². The molecule has 0 bridgehead atoms. The zero-order valence-corrected chi connectivity index (χ0v) is 17.2. The first-order chi connectivity index (χ1) is 14.8. The predicted octanol–water partition coefficient (Wildman–Crippen LogP) is 3.51. The number of para-hydroxylation sites is 1. The maximum absolute atomic E-state index is 13.5. The molecule has 0 aliphatic carbocycles. The number of morpholine rings is 1. The Labute approximate surface area is 179 Å². The third-order valence-corrected chi connectivity index (χ3v) is 5.83. The van der Waals surface area contributed by atoms with Gasteiger partial charge in [-0.25, -0.2) is 0 Å². The molecule has 31 heavy (non-hydrogen) atoms. The second-order valence-corrected chi connectivity index (χ2v) is 7.85. The second kappa shape index (κ2) is 8.88. The first-order valence-electron chi connectivity index (χ1n) is 10.4. The molecule has 1 N–H and O–H groups in total. The molecule has 2 atom stereocenters. The molecule has 5 nitrogen and oxygen atoms in total. The van der Waals surface area contributed by atoms with E-state index in [-0.39, 0.29) is 23.6 Å². The highest BCUT2D eigenvalue weighted by atomic mass is 19.4. The van der Waals surface area contributed by atoms with Gasteiger partial charge in [0.25, 0.3) is 0 Å². The smallest absolute Gasteiger partial charge is 0.417 e. The number of hydrogen-bond acceptors (Lipinski definition) is 4. The number of benzene rings is 2. The third kappa shape index (κ3) is 4.70. The summed E-state index contributed by atoms with van der Waals surface area (Å²) in [6.07, 6.45) is -4.25. The molecule has 4 rings (SSSR count). The number of hydrogen-bond donors (Lipinski definition) is 1. The van der Waals surface area contributed by atoms with Gasteiger partial charge in [-0.3, -0.25) is 9.69 Å². The number of rotatable bonds is 5. The standard InChI is InChI=1S/C23H25F3N2O3/c1-15(28-9-11-30-12-10-28)22(29)27-14-17-13-16-5-4-7-19(21(16)31-17)18-6-2-3-8-20(18)23(24,25)26/h2-8,15,17H,9-14H2,1H3,(H,27,29)/t15-,17+/m0/s1. The summed E-state index contributed by atoms with van der Waals surface area (Å²) in [6, 6.07) is 10.5. The monoisotopic (exact) mass is 434 g/mol. The number of ether oxygens (including phenoxy) is 2. The van der Waals surface area contributed by atoms with Crippen LogP contribution in [0.3, 0.4) is 0 Å². The lowest BCUT2D eigenvalue weighted by molar-refractivity contribution is -0.137. The van der Waals surface area contributed by atoms with E-state index in [0.717, 1.165) is 11.6 Å². The summed E-state index contributed by atoms with van der Waals surface area (Å²) in [4.78, 5) is 14.6. The van der Waals surface area contributed by atoms with Crippen molar-refractivity contribution in [2.75, 3.05) is 32.8 Å². The number of carbonyl (C=O) groups excluding carboxylic acids is 1. The van der Waals surface area contributed by atoms with Crippen molar-refractivity contribution < 1.29 is 27.4 Å². The van der Waals surface area contributed by atoms with Crippen molar-refractivity contribution in [3.8, 4) is 16.9 Å². The number of nitrogens with one attached hydrogen (secondary N) is 1. The van der Waals surface area contributed by atoms with Crippen LogP contribution in [0.1, 0.15) is 18.1 Å². The Balaban J connectivity index is 1.45. The molecule has 0 spiro atoms. The van der Waals surface area contributed by atoms with Gasteiger partial charge in [-0.15, -0.1) is 0 Å². The summed E-state index contributed by atoms with van der Waals surface area (Å²) in [5.41, 5.74) is 0.663. The molecule has 0 aromatic heterocycles. The molecule has 2 aromatic carbocycles. The first-order valence-corrected chi connectivity index (χ1v) is 10.4. The molecule has 1 saturated heterocycles. The number of nitrogens with zero attached hydrogens (tertiary/aromatic N) is 1. The van der Waals surface area contributed by atoms with Crippen molar-refractivity contribution in [2.24, 2.45) is 0 Å². The van der Waals surface area contributed by atoms with E-state index in [4.69, 9.17) is 9.47 Å². The maximum atomic E-state index is 13.5. The van der Waals surface area contributed by atoms with Crippen molar-refractivity contribution >= 4 is 5.91 Å². The molecule has 0 radical (unpaired) electrons. The molecule has 1 fully saturated rings. The fourth-order valence-corrected chi connectivity index (χ4v) is 4.12. The molecule has 166 valence electrons. The van der Waals surface area contributed by atoms with Crippen LogP contribution >= 0.6 is 0 Å². The Morgan fingerprint density at radius 2 is 1.84 bits per heavy atom. The molecule has 0 unspecified atom stereocenters. The van der Waals surface area contributed by atoms with Crippen molar-refractivity contribution in [3.63, 3.8) is 0 Å². The van der Waals surface area contributed by atoms with Gasteiger partial charge < -0.3 is 14.8 Å². The normalized spacial score (nSPS) is 20.1. The van der Waals surface area contributed by atoms with Gasteiger partial charge in [-0.1, -0.05) is 36.4 Å². The molecule has 0 saturated carbocycles. The Morgan fingerprint density at radius 3 is 2.58 bits per heavy atom. The van der Waals surface area contributed by atoms with Gasteiger partial charge in [-0.05, 0) is 24.1 Å². The Kier molecular flexibility index (Phi) is 6.20. The highest BCUT2D eigenvalue weighted by Crippen LogP contribution is 2.43. The Morgan fingerprint density at radius 1 is 1.13 bits per heavy atom. The average Bonchev–Trinajstić information content (AvgIpc) is 3.20. The summed E-state index contributed by atoms with van der Waals surface area (Å²) in [5.74, 6) is 0.365. The van der Waals surface area contributed by atoms with Crippen LogP contribution in [0.25, 0.3) is 11.1 Å². The SMILES string of the molecule is C[C@@H](C(=O)NC[C@H]1Cc2cccc(-c3ccccc3C(F)(F)F)c2O1)N1CCOCC1. The minimum atomic E-state index is -4.46. The number of halogens is 3. The maximum Gasteiger partial charge on any atom is 0.417 e. The summed E-state index contributed by atoms with van der Waals surface area (Å²) in [5, 5.41) is 2.92. The van der Waals surface area contributed by atoms with Gasteiger partial charge >= 0.3 is 6.18 Å². The molecule has 8 heteroatoms. The number of carbonyl (C=O) groups is 1. The van der Waals surface area contributed by atoms with Crippen molar-refractivity contribution in [1.82, 2.24) is 10.2 Å². The van der Waals surface area contributed by atoms with Crippen LogP contribution in [-0.2, 0) is 22.1 Å². The van der Waals surface area contributed by atoms with Gasteiger partial charge in [0.15, 0.2) is 0 Å². The van der Waals surface area contributed by atoms with E-state index in [1.165, 1.54) is 12.1 Å². The van der Waals surface area contributed by atoms with Crippen molar-refractivity contribution in [3.05, 3.63) is 53.6 Å². The van der Waals surface area contributed by atoms with Crippen LogP contribution in [0, 0.1) is 0 Å². The van der Waals surface area contributed by atoms with Crippen molar-refractivity contribution in [1.29, 1.82) is 0 Å². The number of alkyl halides is 3. The van der Waals surface area contributed by atoms with E-state index in [0.29, 0.717) is 50.6 Å². The fraction of sp³-hybridized carbons (Fsp3) is 0.435. The molecule has 2 heterocycles. The topological polar surface area (TPSA) is 50.8 Å². The zero-order chi connectivity index (χ0) is 22.0.